The highest BCUT2D eigenvalue weighted by atomic mass is 32.2. The minimum atomic E-state index is -3.47. The molecule has 0 unspecified atom stereocenters. The molecule has 0 amide bonds. The molecule has 1 rings (SSSR count). The largest absolute Gasteiger partial charge is 0.355 e. The molecule has 98 valence electrons. The summed E-state index contributed by atoms with van der Waals surface area (Å²) in [6.07, 6.45) is 1.07. The lowest BCUT2D eigenvalue weighted by atomic mass is 10.1. The molecule has 1 saturated heterocycles. The third kappa shape index (κ3) is 4.88. The predicted octanol–water partition coefficient (Wildman–Crippen LogP) is 0.793. The van der Waals surface area contributed by atoms with Gasteiger partial charge in [0.15, 0.2) is 6.29 Å². The maximum absolute atomic E-state index is 10.8. The van der Waals surface area contributed by atoms with Gasteiger partial charge in [-0.3, -0.25) is 4.18 Å². The van der Waals surface area contributed by atoms with Crippen molar-refractivity contribution >= 4 is 10.1 Å². The fourth-order valence-electron chi connectivity index (χ4n) is 1.55. The Hall–Kier alpha value is -0.860. The van der Waals surface area contributed by atoms with Crippen molar-refractivity contribution in [3.63, 3.8) is 0 Å². The lowest BCUT2D eigenvalue weighted by Crippen LogP contribution is -2.40. The first-order chi connectivity index (χ1) is 7.96. The molecule has 0 aromatic carbocycles. The molecule has 1 aliphatic rings. The zero-order valence-corrected chi connectivity index (χ0v) is 10.5. The summed E-state index contributed by atoms with van der Waals surface area (Å²) in [5, 5.41) is 3.55. The second-order valence-corrected chi connectivity index (χ2v) is 5.34. The molecule has 1 heterocycles. The maximum Gasteiger partial charge on any atom is 0.264 e. The number of hydrogen-bond donors (Lipinski definition) is 0. The molecule has 0 saturated carbocycles. The summed E-state index contributed by atoms with van der Waals surface area (Å²) in [6, 6.07) is -0.389. The van der Waals surface area contributed by atoms with E-state index in [-0.39, 0.29) is 18.8 Å². The van der Waals surface area contributed by atoms with Crippen LogP contribution in [0.25, 0.3) is 10.4 Å². The monoisotopic (exact) mass is 265 g/mol. The normalized spacial score (nSPS) is 29.6. The highest BCUT2D eigenvalue weighted by Crippen LogP contribution is 2.23. The Labute approximate surface area is 99.6 Å². The molecule has 0 radical (unpaired) electrons. The Bertz CT molecular complexity index is 392. The number of hydrogen-bond acceptors (Lipinski definition) is 6. The SMILES string of the molecule is CO[C@H]1O[C@@H](COS(C)(=O)=O)CC[C@H]1N=[N+]=[N-]. The Balaban J connectivity index is 2.50. The molecule has 0 aromatic rings. The van der Waals surface area contributed by atoms with Crippen LogP contribution in [0.1, 0.15) is 12.8 Å². The molecule has 8 nitrogen and oxygen atoms in total. The standard InChI is InChI=1S/C8H15N3O5S/c1-14-8-7(10-11-9)4-3-6(16-8)5-15-17(2,12)13/h6-8H,3-5H2,1-2H3/t6-,7-,8+/m1/s1. The van der Waals surface area contributed by atoms with Crippen LogP contribution in [0.3, 0.4) is 0 Å². The summed E-state index contributed by atoms with van der Waals surface area (Å²) >= 11 is 0. The number of azide groups is 1. The first-order valence-corrected chi connectivity index (χ1v) is 6.85. The summed E-state index contributed by atoms with van der Waals surface area (Å²) in [5.74, 6) is 0. The fraction of sp³-hybridized carbons (Fsp3) is 1.00. The van der Waals surface area contributed by atoms with Gasteiger partial charge in [0, 0.05) is 12.0 Å². The third-order valence-electron chi connectivity index (χ3n) is 2.33. The maximum atomic E-state index is 10.8. The molecule has 0 aliphatic carbocycles. The molecule has 0 aromatic heterocycles. The number of ether oxygens (including phenoxy) is 2. The molecular weight excluding hydrogens is 250 g/mol. The van der Waals surface area contributed by atoms with Gasteiger partial charge < -0.3 is 9.47 Å². The van der Waals surface area contributed by atoms with Crippen LogP contribution in [0.15, 0.2) is 5.11 Å². The minimum Gasteiger partial charge on any atom is -0.355 e. The molecule has 0 bridgehead atoms. The minimum absolute atomic E-state index is 0.0539. The Morgan fingerprint density at radius 1 is 1.53 bits per heavy atom. The lowest BCUT2D eigenvalue weighted by Gasteiger charge is -2.32. The van der Waals surface area contributed by atoms with Crippen molar-refractivity contribution in [3.05, 3.63) is 10.4 Å². The molecule has 3 atom stereocenters. The van der Waals surface area contributed by atoms with Crippen molar-refractivity contribution in [2.75, 3.05) is 20.0 Å². The molecule has 0 spiro atoms. The molecular formula is C8H15N3O5S. The average Bonchev–Trinajstić information content (AvgIpc) is 2.27. The number of rotatable bonds is 5. The van der Waals surface area contributed by atoms with E-state index < -0.39 is 16.4 Å². The zero-order chi connectivity index (χ0) is 12.9. The van der Waals surface area contributed by atoms with Crippen molar-refractivity contribution in [3.8, 4) is 0 Å². The average molecular weight is 265 g/mol. The first-order valence-electron chi connectivity index (χ1n) is 5.03. The van der Waals surface area contributed by atoms with Crippen molar-refractivity contribution in [1.29, 1.82) is 0 Å². The summed E-state index contributed by atoms with van der Waals surface area (Å²) in [7, 11) is -2.04. The highest BCUT2D eigenvalue weighted by molar-refractivity contribution is 7.85. The Morgan fingerprint density at radius 2 is 2.24 bits per heavy atom. The van der Waals surface area contributed by atoms with Crippen LogP contribution >= 0.6 is 0 Å². The summed E-state index contributed by atoms with van der Waals surface area (Å²) < 4.78 is 36.7. The summed E-state index contributed by atoms with van der Waals surface area (Å²) in [5.41, 5.74) is 8.35. The third-order valence-corrected chi connectivity index (χ3v) is 2.89. The van der Waals surface area contributed by atoms with Crippen LogP contribution in [0.5, 0.6) is 0 Å². The fourth-order valence-corrected chi connectivity index (χ4v) is 1.95. The van der Waals surface area contributed by atoms with Crippen LogP contribution < -0.4 is 0 Å². The van der Waals surface area contributed by atoms with Gasteiger partial charge in [-0.15, -0.1) is 0 Å². The summed E-state index contributed by atoms with van der Waals surface area (Å²) in [4.78, 5) is 2.71. The molecule has 17 heavy (non-hydrogen) atoms. The van der Waals surface area contributed by atoms with Crippen molar-refractivity contribution in [2.45, 2.75) is 31.3 Å². The van der Waals surface area contributed by atoms with E-state index in [0.717, 1.165) is 6.26 Å². The first kappa shape index (κ1) is 14.2. The van der Waals surface area contributed by atoms with Gasteiger partial charge >= 0.3 is 0 Å². The highest BCUT2D eigenvalue weighted by Gasteiger charge is 2.31. The van der Waals surface area contributed by atoms with Crippen LogP contribution in [0, 0.1) is 0 Å². The predicted molar refractivity (Wildman–Crippen MR) is 58.6 cm³/mol. The van der Waals surface area contributed by atoms with Crippen molar-refractivity contribution in [2.24, 2.45) is 5.11 Å². The van der Waals surface area contributed by atoms with Crippen LogP contribution in [0.4, 0.5) is 0 Å². The molecule has 1 aliphatic heterocycles. The quantitative estimate of drug-likeness (QED) is 0.316. The van der Waals surface area contributed by atoms with E-state index in [4.69, 9.17) is 15.0 Å². The van der Waals surface area contributed by atoms with Crippen molar-refractivity contribution < 1.29 is 22.1 Å². The molecule has 9 heteroatoms. The topological polar surface area (TPSA) is 111 Å². The van der Waals surface area contributed by atoms with Crippen molar-refractivity contribution in [1.82, 2.24) is 0 Å². The second kappa shape index (κ2) is 6.18. The molecule has 0 N–H and O–H groups in total. The van der Waals surface area contributed by atoms with E-state index in [1.807, 2.05) is 0 Å². The van der Waals surface area contributed by atoms with Gasteiger partial charge in [-0.2, -0.15) is 8.42 Å². The van der Waals surface area contributed by atoms with Gasteiger partial charge in [0.05, 0.1) is 25.0 Å². The van der Waals surface area contributed by atoms with E-state index in [1.54, 1.807) is 0 Å². The number of methoxy groups -OCH3 is 1. The van der Waals surface area contributed by atoms with Crippen LogP contribution in [-0.2, 0) is 23.8 Å². The van der Waals surface area contributed by atoms with Gasteiger partial charge in [0.2, 0.25) is 0 Å². The van der Waals surface area contributed by atoms with E-state index in [2.05, 4.69) is 14.2 Å². The smallest absolute Gasteiger partial charge is 0.264 e. The van der Waals surface area contributed by atoms with Gasteiger partial charge in [0.25, 0.3) is 10.1 Å². The molecule has 1 fully saturated rings. The van der Waals surface area contributed by atoms with E-state index >= 15 is 0 Å². The number of nitrogens with zero attached hydrogens (tertiary/aromatic N) is 3. The van der Waals surface area contributed by atoms with E-state index in [0.29, 0.717) is 12.8 Å². The summed E-state index contributed by atoms with van der Waals surface area (Å²) in [6.45, 7) is -0.0539. The van der Waals surface area contributed by atoms with Crippen LogP contribution in [-0.4, -0.2) is 46.8 Å². The van der Waals surface area contributed by atoms with Gasteiger partial charge in [-0.1, -0.05) is 5.11 Å². The van der Waals surface area contributed by atoms with E-state index in [9.17, 15) is 8.42 Å². The van der Waals surface area contributed by atoms with Gasteiger partial charge in [-0.05, 0) is 18.4 Å². The van der Waals surface area contributed by atoms with Crippen LogP contribution in [0.2, 0.25) is 0 Å². The Morgan fingerprint density at radius 3 is 2.76 bits per heavy atom. The van der Waals surface area contributed by atoms with Gasteiger partial charge in [-0.25, -0.2) is 0 Å². The lowest BCUT2D eigenvalue weighted by molar-refractivity contribution is -0.194. The van der Waals surface area contributed by atoms with E-state index in [1.165, 1.54) is 7.11 Å². The second-order valence-electron chi connectivity index (χ2n) is 3.70. The zero-order valence-electron chi connectivity index (χ0n) is 9.64. The van der Waals surface area contributed by atoms with Gasteiger partial charge in [0.1, 0.15) is 0 Å². The Kier molecular flexibility index (Phi) is 5.16.